The van der Waals surface area contributed by atoms with Gasteiger partial charge in [-0.1, -0.05) is 17.7 Å². The number of aliphatic hydroxyl groups excluding tert-OH is 1. The van der Waals surface area contributed by atoms with Gasteiger partial charge in [0.1, 0.15) is 28.1 Å². The Morgan fingerprint density at radius 1 is 1.21 bits per heavy atom. The summed E-state index contributed by atoms with van der Waals surface area (Å²) in [6.45, 7) is 5.46. The van der Waals surface area contributed by atoms with Gasteiger partial charge >= 0.3 is 0 Å². The summed E-state index contributed by atoms with van der Waals surface area (Å²) in [4.78, 5) is 13.2. The van der Waals surface area contributed by atoms with E-state index in [0.717, 1.165) is 5.57 Å². The van der Waals surface area contributed by atoms with Gasteiger partial charge < -0.3 is 24.5 Å². The van der Waals surface area contributed by atoms with Crippen LogP contribution in [0, 0.1) is 0 Å². The molecule has 0 saturated heterocycles. The lowest BCUT2D eigenvalue weighted by Gasteiger charge is -2.30. The van der Waals surface area contributed by atoms with Gasteiger partial charge in [0.05, 0.1) is 17.6 Å². The first-order valence-electron chi connectivity index (χ1n) is 9.34. The van der Waals surface area contributed by atoms with Crippen molar-refractivity contribution in [3.8, 4) is 17.2 Å². The Kier molecular flexibility index (Phi) is 4.39. The number of phenolic OH excluding ortho intramolecular Hbond substituents is 2. The Balaban J connectivity index is 2.17. The van der Waals surface area contributed by atoms with Gasteiger partial charge in [-0.05, 0) is 51.5 Å². The van der Waals surface area contributed by atoms with E-state index in [1.165, 1.54) is 6.07 Å². The maximum Gasteiger partial charge on any atom is 0.204 e. The third-order valence-corrected chi connectivity index (χ3v) is 5.10. The van der Waals surface area contributed by atoms with Gasteiger partial charge in [0.25, 0.3) is 0 Å². The molecule has 2 heterocycles. The lowest BCUT2D eigenvalue weighted by Crippen LogP contribution is -2.28. The summed E-state index contributed by atoms with van der Waals surface area (Å²) in [6, 6.07) is 4.53. The van der Waals surface area contributed by atoms with Crippen LogP contribution in [0.2, 0.25) is 0 Å². The van der Waals surface area contributed by atoms with E-state index in [1.54, 1.807) is 25.1 Å². The summed E-state index contributed by atoms with van der Waals surface area (Å²) >= 11 is 0. The van der Waals surface area contributed by atoms with Crippen LogP contribution in [0.3, 0.4) is 0 Å². The van der Waals surface area contributed by atoms with Crippen molar-refractivity contribution < 1.29 is 24.5 Å². The van der Waals surface area contributed by atoms with Crippen LogP contribution in [0.4, 0.5) is 0 Å². The van der Waals surface area contributed by atoms with E-state index in [2.05, 4.69) is 0 Å². The van der Waals surface area contributed by atoms with Crippen molar-refractivity contribution in [2.45, 2.75) is 32.8 Å². The molecule has 0 aliphatic carbocycles. The highest BCUT2D eigenvalue weighted by molar-refractivity contribution is 6.00. The molecule has 0 unspecified atom stereocenters. The lowest BCUT2D eigenvalue weighted by molar-refractivity contribution is 0.157. The molecule has 0 atom stereocenters. The molecule has 6 heteroatoms. The lowest BCUT2D eigenvalue weighted by atomic mass is 9.94. The van der Waals surface area contributed by atoms with Crippen LogP contribution in [0.1, 0.15) is 31.9 Å². The third-order valence-electron chi connectivity index (χ3n) is 5.10. The van der Waals surface area contributed by atoms with E-state index < -0.39 is 11.0 Å². The van der Waals surface area contributed by atoms with Crippen LogP contribution in [-0.2, 0) is 6.42 Å². The average Bonchev–Trinajstić information content (AvgIpc) is 2.67. The standard InChI is InChI=1S/C23H22O6/c1-12(11-24)7-8-15-20-14(9-10-23(2,3)29-20)19(27)17-18(26)13-5-4-6-16(25)21(13)28-22(15)17/h4-7,9-10,24-25,27H,8,11H2,1-3H3. The summed E-state index contributed by atoms with van der Waals surface area (Å²) in [5.74, 6) is 0.0441. The third kappa shape index (κ3) is 3.06. The highest BCUT2D eigenvalue weighted by Gasteiger charge is 2.30. The minimum Gasteiger partial charge on any atom is -0.506 e. The number of aliphatic hydroxyl groups is 1. The van der Waals surface area contributed by atoms with Crippen LogP contribution in [0.25, 0.3) is 28.0 Å². The molecule has 2 aromatic carbocycles. The quantitative estimate of drug-likeness (QED) is 0.458. The molecule has 6 nitrogen and oxygen atoms in total. The number of allylic oxidation sites excluding steroid dienone is 1. The number of hydrogen-bond acceptors (Lipinski definition) is 6. The van der Waals surface area contributed by atoms with Crippen LogP contribution in [0.5, 0.6) is 17.2 Å². The summed E-state index contributed by atoms with van der Waals surface area (Å²) in [6.07, 6.45) is 5.69. The number of ether oxygens (including phenoxy) is 1. The number of hydrogen-bond donors (Lipinski definition) is 3. The second-order valence-electron chi connectivity index (χ2n) is 7.81. The zero-order chi connectivity index (χ0) is 20.9. The Labute approximate surface area is 167 Å². The molecule has 29 heavy (non-hydrogen) atoms. The van der Waals surface area contributed by atoms with Gasteiger partial charge in [-0.2, -0.15) is 0 Å². The van der Waals surface area contributed by atoms with E-state index in [-0.39, 0.29) is 40.0 Å². The first kappa shape index (κ1) is 19.1. The van der Waals surface area contributed by atoms with E-state index in [1.807, 2.05) is 26.0 Å². The number of phenols is 2. The Morgan fingerprint density at radius 3 is 2.69 bits per heavy atom. The Bertz CT molecular complexity index is 1260. The number of para-hydroxylation sites is 1. The maximum atomic E-state index is 13.2. The monoisotopic (exact) mass is 394 g/mol. The fourth-order valence-corrected chi connectivity index (χ4v) is 3.52. The molecule has 1 aliphatic rings. The van der Waals surface area contributed by atoms with E-state index in [9.17, 15) is 20.1 Å². The fourth-order valence-electron chi connectivity index (χ4n) is 3.52. The first-order chi connectivity index (χ1) is 13.7. The van der Waals surface area contributed by atoms with Crippen LogP contribution >= 0.6 is 0 Å². The summed E-state index contributed by atoms with van der Waals surface area (Å²) in [5, 5.41) is 30.7. The topological polar surface area (TPSA) is 100 Å². The molecule has 3 N–H and O–H groups in total. The number of aromatic hydroxyl groups is 2. The second-order valence-corrected chi connectivity index (χ2v) is 7.81. The Morgan fingerprint density at radius 2 is 1.97 bits per heavy atom. The first-order valence-corrected chi connectivity index (χ1v) is 9.34. The van der Waals surface area contributed by atoms with Gasteiger partial charge in [0, 0.05) is 5.56 Å². The molecule has 150 valence electrons. The predicted molar refractivity (Wildman–Crippen MR) is 112 cm³/mol. The van der Waals surface area contributed by atoms with Gasteiger partial charge in [0.2, 0.25) is 5.43 Å². The van der Waals surface area contributed by atoms with Gasteiger partial charge in [-0.3, -0.25) is 4.79 Å². The van der Waals surface area contributed by atoms with Crippen molar-refractivity contribution in [1.29, 1.82) is 0 Å². The molecule has 4 rings (SSSR count). The smallest absolute Gasteiger partial charge is 0.204 e. The molecular weight excluding hydrogens is 372 g/mol. The molecule has 0 bridgehead atoms. The molecule has 0 saturated carbocycles. The van der Waals surface area contributed by atoms with Crippen LogP contribution in [0.15, 0.2) is 45.1 Å². The van der Waals surface area contributed by atoms with Gasteiger partial charge in [-0.25, -0.2) is 0 Å². The number of fused-ring (bicyclic) bond motifs is 3. The Hall–Kier alpha value is -3.25. The van der Waals surface area contributed by atoms with E-state index >= 15 is 0 Å². The molecule has 3 aromatic rings. The second kappa shape index (κ2) is 6.67. The van der Waals surface area contributed by atoms with Crippen LogP contribution < -0.4 is 10.2 Å². The van der Waals surface area contributed by atoms with Gasteiger partial charge in [0.15, 0.2) is 11.3 Å². The van der Waals surface area contributed by atoms with Crippen molar-refractivity contribution in [1.82, 2.24) is 0 Å². The van der Waals surface area contributed by atoms with Crippen molar-refractivity contribution in [2.24, 2.45) is 0 Å². The molecule has 0 radical (unpaired) electrons. The van der Waals surface area contributed by atoms with Crippen molar-refractivity contribution >= 4 is 28.0 Å². The molecule has 0 spiro atoms. The summed E-state index contributed by atoms with van der Waals surface area (Å²) in [7, 11) is 0. The highest BCUT2D eigenvalue weighted by atomic mass is 16.5. The number of benzene rings is 2. The summed E-state index contributed by atoms with van der Waals surface area (Å²) in [5.41, 5.74) is 0.898. The highest BCUT2D eigenvalue weighted by Crippen LogP contribution is 2.45. The minimum atomic E-state index is -0.614. The molecule has 0 amide bonds. The fraction of sp³-hybridized carbons (Fsp3) is 0.261. The molecule has 1 aromatic heterocycles. The normalized spacial score (nSPS) is 15.5. The predicted octanol–water partition coefficient (Wildman–Crippen LogP) is 4.02. The van der Waals surface area contributed by atoms with Crippen LogP contribution in [-0.4, -0.2) is 27.5 Å². The zero-order valence-corrected chi connectivity index (χ0v) is 16.4. The minimum absolute atomic E-state index is 0.0415. The summed E-state index contributed by atoms with van der Waals surface area (Å²) < 4.78 is 12.1. The van der Waals surface area contributed by atoms with E-state index in [4.69, 9.17) is 9.15 Å². The zero-order valence-electron chi connectivity index (χ0n) is 16.4. The maximum absolute atomic E-state index is 13.2. The number of rotatable bonds is 3. The van der Waals surface area contributed by atoms with Crippen molar-refractivity contribution in [3.05, 3.63) is 57.3 Å². The van der Waals surface area contributed by atoms with Crippen molar-refractivity contribution in [3.63, 3.8) is 0 Å². The molecule has 1 aliphatic heterocycles. The average molecular weight is 394 g/mol. The van der Waals surface area contributed by atoms with Crippen molar-refractivity contribution in [2.75, 3.05) is 6.61 Å². The SMILES string of the molecule is CC(=CCc1c2c(c(O)c3c(=O)c4cccc(O)c4oc13)C=CC(C)(C)O2)CO. The van der Waals surface area contributed by atoms with E-state index in [0.29, 0.717) is 23.3 Å². The molecule has 0 fully saturated rings. The van der Waals surface area contributed by atoms with Gasteiger partial charge in [-0.15, -0.1) is 0 Å². The molecular formula is C23H22O6. The largest absolute Gasteiger partial charge is 0.506 e.